The number of anilines is 1. The number of carbonyl (C=O) groups excluding carboxylic acids is 1. The highest BCUT2D eigenvalue weighted by Crippen LogP contribution is 2.34. The van der Waals surface area contributed by atoms with Crippen molar-refractivity contribution in [3.05, 3.63) is 40.9 Å². The van der Waals surface area contributed by atoms with Gasteiger partial charge in [0.05, 0.1) is 6.04 Å². The minimum Gasteiger partial charge on any atom is -0.320 e. The van der Waals surface area contributed by atoms with Crippen molar-refractivity contribution in [2.24, 2.45) is 11.7 Å². The van der Waals surface area contributed by atoms with Gasteiger partial charge in [0.1, 0.15) is 5.01 Å². The second kappa shape index (κ2) is 6.54. The van der Waals surface area contributed by atoms with Crippen LogP contribution in [0.3, 0.4) is 0 Å². The van der Waals surface area contributed by atoms with Gasteiger partial charge in [-0.1, -0.05) is 55.5 Å². The summed E-state index contributed by atoms with van der Waals surface area (Å²) in [6.07, 6.45) is 0. The minimum atomic E-state index is -0.547. The summed E-state index contributed by atoms with van der Waals surface area (Å²) in [5.41, 5.74) is 6.73. The van der Waals surface area contributed by atoms with Crippen LogP contribution >= 0.6 is 11.3 Å². The van der Waals surface area contributed by atoms with Gasteiger partial charge in [0.15, 0.2) is 0 Å². The zero-order valence-corrected chi connectivity index (χ0v) is 14.1. The van der Waals surface area contributed by atoms with E-state index in [2.05, 4.69) is 41.5 Å². The van der Waals surface area contributed by atoms with E-state index in [9.17, 15) is 4.79 Å². The van der Waals surface area contributed by atoms with Crippen LogP contribution in [0.25, 0.3) is 0 Å². The van der Waals surface area contributed by atoms with E-state index in [0.29, 0.717) is 5.13 Å². The maximum Gasteiger partial charge on any atom is 0.243 e. The molecular weight excluding hydrogens is 296 g/mol. The molecule has 0 radical (unpaired) electrons. The molecular formula is C16H22N4OS. The highest BCUT2D eigenvalue weighted by atomic mass is 32.1. The molecule has 5 nitrogen and oxygen atoms in total. The molecule has 0 saturated heterocycles. The number of aromatic nitrogens is 2. The smallest absolute Gasteiger partial charge is 0.243 e. The molecule has 1 aromatic carbocycles. The molecule has 0 aliphatic heterocycles. The average molecular weight is 318 g/mol. The van der Waals surface area contributed by atoms with Gasteiger partial charge in [-0.3, -0.25) is 10.1 Å². The van der Waals surface area contributed by atoms with Gasteiger partial charge in [-0.05, 0) is 25.3 Å². The molecule has 22 heavy (non-hydrogen) atoms. The Kier molecular flexibility index (Phi) is 4.93. The molecule has 2 aromatic rings. The number of rotatable bonds is 5. The number of amides is 1. The van der Waals surface area contributed by atoms with E-state index in [1.807, 2.05) is 32.0 Å². The van der Waals surface area contributed by atoms with Crippen LogP contribution in [-0.4, -0.2) is 22.1 Å². The predicted molar refractivity (Wildman–Crippen MR) is 89.9 cm³/mol. The molecule has 0 spiro atoms. The summed E-state index contributed by atoms with van der Waals surface area (Å²) in [5, 5.41) is 12.4. The minimum absolute atomic E-state index is 0.0770. The van der Waals surface area contributed by atoms with Gasteiger partial charge in [-0.25, -0.2) is 0 Å². The topological polar surface area (TPSA) is 80.9 Å². The first-order valence-electron chi connectivity index (χ1n) is 7.28. The number of nitrogens with two attached hydrogens (primary N) is 1. The third-order valence-electron chi connectivity index (χ3n) is 3.71. The molecule has 1 heterocycles. The Balaban J connectivity index is 2.16. The maximum atomic E-state index is 12.0. The summed E-state index contributed by atoms with van der Waals surface area (Å²) in [7, 11) is 0. The first-order chi connectivity index (χ1) is 10.3. The summed E-state index contributed by atoms with van der Waals surface area (Å²) < 4.78 is 0. The third kappa shape index (κ3) is 3.51. The molecule has 0 unspecified atom stereocenters. The summed E-state index contributed by atoms with van der Waals surface area (Å²) in [5.74, 6) is -0.150. The molecule has 1 atom stereocenters. The Bertz CT molecular complexity index is 637. The lowest BCUT2D eigenvalue weighted by atomic mass is 9.85. The molecule has 3 N–H and O–H groups in total. The van der Waals surface area contributed by atoms with Gasteiger partial charge in [0.25, 0.3) is 0 Å². The molecule has 118 valence electrons. The summed E-state index contributed by atoms with van der Waals surface area (Å²) >= 11 is 1.38. The van der Waals surface area contributed by atoms with Gasteiger partial charge in [-0.2, -0.15) is 0 Å². The number of hydrogen-bond donors (Lipinski definition) is 2. The van der Waals surface area contributed by atoms with Crippen molar-refractivity contribution in [3.8, 4) is 0 Å². The molecule has 0 aliphatic rings. The van der Waals surface area contributed by atoms with Crippen molar-refractivity contribution in [2.45, 2.75) is 39.2 Å². The van der Waals surface area contributed by atoms with Crippen LogP contribution in [0.5, 0.6) is 0 Å². The average Bonchev–Trinajstić information content (AvgIpc) is 2.96. The van der Waals surface area contributed by atoms with Crippen LogP contribution in [0.4, 0.5) is 5.13 Å². The summed E-state index contributed by atoms with van der Waals surface area (Å²) in [6, 6.07) is 9.57. The van der Waals surface area contributed by atoms with E-state index in [1.165, 1.54) is 11.3 Å². The monoisotopic (exact) mass is 318 g/mol. The second-order valence-corrected chi connectivity index (χ2v) is 7.14. The van der Waals surface area contributed by atoms with E-state index < -0.39 is 6.04 Å². The fourth-order valence-electron chi connectivity index (χ4n) is 2.00. The Morgan fingerprint density at radius 2 is 1.86 bits per heavy atom. The van der Waals surface area contributed by atoms with Crippen LogP contribution in [0.1, 0.15) is 38.3 Å². The van der Waals surface area contributed by atoms with E-state index in [0.717, 1.165) is 10.6 Å². The number of nitrogens with zero attached hydrogens (tertiary/aromatic N) is 2. The fraction of sp³-hybridized carbons (Fsp3) is 0.438. The van der Waals surface area contributed by atoms with Crippen LogP contribution in [0.15, 0.2) is 30.3 Å². The zero-order chi connectivity index (χ0) is 16.3. The molecule has 0 fully saturated rings. The zero-order valence-electron chi connectivity index (χ0n) is 13.3. The number of carbonyl (C=O) groups is 1. The van der Waals surface area contributed by atoms with E-state index in [1.54, 1.807) is 0 Å². The van der Waals surface area contributed by atoms with Crippen LogP contribution in [-0.2, 0) is 10.2 Å². The van der Waals surface area contributed by atoms with E-state index in [-0.39, 0.29) is 17.2 Å². The molecule has 0 saturated carbocycles. The molecule has 2 rings (SSSR count). The quantitative estimate of drug-likeness (QED) is 0.888. The third-order valence-corrected chi connectivity index (χ3v) is 4.87. The highest BCUT2D eigenvalue weighted by Gasteiger charge is 2.28. The lowest BCUT2D eigenvalue weighted by Crippen LogP contribution is -2.39. The van der Waals surface area contributed by atoms with Crippen molar-refractivity contribution in [1.82, 2.24) is 10.2 Å². The van der Waals surface area contributed by atoms with Gasteiger partial charge in [-0.15, -0.1) is 10.2 Å². The van der Waals surface area contributed by atoms with Crippen molar-refractivity contribution < 1.29 is 4.79 Å². The van der Waals surface area contributed by atoms with E-state index >= 15 is 0 Å². The van der Waals surface area contributed by atoms with E-state index in [4.69, 9.17) is 5.73 Å². The molecule has 1 amide bonds. The van der Waals surface area contributed by atoms with Crippen LogP contribution in [0, 0.1) is 5.92 Å². The van der Waals surface area contributed by atoms with Crippen LogP contribution < -0.4 is 11.1 Å². The Morgan fingerprint density at radius 1 is 1.23 bits per heavy atom. The molecule has 0 aliphatic carbocycles. The lowest BCUT2D eigenvalue weighted by molar-refractivity contribution is -0.118. The van der Waals surface area contributed by atoms with Gasteiger partial charge in [0.2, 0.25) is 11.0 Å². The fourth-order valence-corrected chi connectivity index (χ4v) is 2.87. The van der Waals surface area contributed by atoms with Crippen molar-refractivity contribution in [2.75, 3.05) is 5.32 Å². The Hall–Kier alpha value is -1.79. The SMILES string of the molecule is CC(C)[C@H](N)C(=O)Nc1nnc(C(C)(C)c2ccccc2)s1. The summed E-state index contributed by atoms with van der Waals surface area (Å²) in [6.45, 7) is 8.01. The first-order valence-corrected chi connectivity index (χ1v) is 8.10. The van der Waals surface area contributed by atoms with Gasteiger partial charge >= 0.3 is 0 Å². The maximum absolute atomic E-state index is 12.0. The van der Waals surface area contributed by atoms with Gasteiger partial charge < -0.3 is 5.73 Å². The summed E-state index contributed by atoms with van der Waals surface area (Å²) in [4.78, 5) is 12.0. The van der Waals surface area contributed by atoms with Crippen molar-refractivity contribution in [1.29, 1.82) is 0 Å². The first kappa shape index (κ1) is 16.6. The standard InChI is InChI=1S/C16H22N4OS/c1-10(2)12(17)13(21)18-15-20-19-14(22-15)16(3,4)11-8-6-5-7-9-11/h5-10,12H,17H2,1-4H3,(H,18,20,21)/t12-/m0/s1. The van der Waals surface area contributed by atoms with Crippen molar-refractivity contribution in [3.63, 3.8) is 0 Å². The molecule has 6 heteroatoms. The second-order valence-electron chi connectivity index (χ2n) is 6.16. The van der Waals surface area contributed by atoms with Gasteiger partial charge in [0, 0.05) is 5.41 Å². The predicted octanol–water partition coefficient (Wildman–Crippen LogP) is 2.79. The Morgan fingerprint density at radius 3 is 2.45 bits per heavy atom. The largest absolute Gasteiger partial charge is 0.320 e. The number of nitrogens with one attached hydrogen (secondary N) is 1. The number of benzene rings is 1. The lowest BCUT2D eigenvalue weighted by Gasteiger charge is -2.21. The normalized spacial score (nSPS) is 13.2. The Labute approximate surface area is 135 Å². The number of hydrogen-bond acceptors (Lipinski definition) is 5. The molecule has 0 bridgehead atoms. The van der Waals surface area contributed by atoms with Crippen LogP contribution in [0.2, 0.25) is 0 Å². The highest BCUT2D eigenvalue weighted by molar-refractivity contribution is 7.15. The molecule has 1 aromatic heterocycles. The van der Waals surface area contributed by atoms with Crippen molar-refractivity contribution >= 4 is 22.4 Å².